The van der Waals surface area contributed by atoms with Gasteiger partial charge in [0.1, 0.15) is 5.82 Å². The van der Waals surface area contributed by atoms with Gasteiger partial charge in [-0.2, -0.15) is 0 Å². The Hall–Kier alpha value is -1.64. The molecule has 2 heterocycles. The van der Waals surface area contributed by atoms with Gasteiger partial charge >= 0.3 is 0 Å². The summed E-state index contributed by atoms with van der Waals surface area (Å²) >= 11 is 0. The van der Waals surface area contributed by atoms with Crippen LogP contribution < -0.4 is 0 Å². The second-order valence-corrected chi connectivity index (χ2v) is 4.98. The summed E-state index contributed by atoms with van der Waals surface area (Å²) in [6.07, 6.45) is 7.57. The van der Waals surface area contributed by atoms with Crippen LogP contribution in [0.25, 0.3) is 11.4 Å². The van der Waals surface area contributed by atoms with Crippen LogP contribution in [0.2, 0.25) is 0 Å². The predicted molar refractivity (Wildman–Crippen MR) is 72.2 cm³/mol. The highest BCUT2D eigenvalue weighted by Gasteiger charge is 2.14. The summed E-state index contributed by atoms with van der Waals surface area (Å²) in [4.78, 5) is 0. The average molecular weight is 241 g/mol. The van der Waals surface area contributed by atoms with Gasteiger partial charge in [0.2, 0.25) is 0 Å². The van der Waals surface area contributed by atoms with Gasteiger partial charge < -0.3 is 4.57 Å². The van der Waals surface area contributed by atoms with E-state index in [1.807, 2.05) is 6.07 Å². The first-order valence-corrected chi connectivity index (χ1v) is 6.92. The van der Waals surface area contributed by atoms with Crippen molar-refractivity contribution in [1.82, 2.24) is 14.8 Å². The van der Waals surface area contributed by atoms with Gasteiger partial charge in [-0.3, -0.25) is 0 Å². The lowest BCUT2D eigenvalue weighted by atomic mass is 10.1. The zero-order valence-corrected chi connectivity index (χ0v) is 10.7. The van der Waals surface area contributed by atoms with E-state index in [9.17, 15) is 0 Å². The molecule has 0 radical (unpaired) electrons. The van der Waals surface area contributed by atoms with Crippen molar-refractivity contribution in [3.63, 3.8) is 0 Å². The zero-order valence-electron chi connectivity index (χ0n) is 10.7. The first-order valence-electron chi connectivity index (χ1n) is 6.92. The molecule has 3 nitrogen and oxygen atoms in total. The van der Waals surface area contributed by atoms with Crippen molar-refractivity contribution in [1.29, 1.82) is 0 Å². The third-order valence-electron chi connectivity index (χ3n) is 3.64. The third kappa shape index (κ3) is 2.30. The molecule has 0 bridgehead atoms. The molecule has 0 atom stereocenters. The van der Waals surface area contributed by atoms with Crippen LogP contribution >= 0.6 is 0 Å². The fraction of sp³-hybridized carbons (Fsp3) is 0.467. The molecule has 0 N–H and O–H groups in total. The summed E-state index contributed by atoms with van der Waals surface area (Å²) in [6, 6.07) is 10.4. The number of benzene rings is 1. The quantitative estimate of drug-likeness (QED) is 0.765. The van der Waals surface area contributed by atoms with Gasteiger partial charge in [0.25, 0.3) is 0 Å². The number of fused-ring (bicyclic) bond motifs is 1. The molecule has 0 fully saturated rings. The van der Waals surface area contributed by atoms with Crippen molar-refractivity contribution in [3.8, 4) is 11.4 Å². The largest absolute Gasteiger partial charge is 0.311 e. The van der Waals surface area contributed by atoms with Crippen molar-refractivity contribution in [3.05, 3.63) is 36.2 Å². The number of nitrogens with zero attached hydrogens (tertiary/aromatic N) is 3. The molecular formula is C15H19N3. The third-order valence-corrected chi connectivity index (χ3v) is 3.64. The van der Waals surface area contributed by atoms with E-state index < -0.39 is 0 Å². The number of hydrogen-bond donors (Lipinski definition) is 0. The van der Waals surface area contributed by atoms with Gasteiger partial charge in [0.05, 0.1) is 0 Å². The summed E-state index contributed by atoms with van der Waals surface area (Å²) in [6.45, 7) is 1.06. The van der Waals surface area contributed by atoms with Crippen molar-refractivity contribution < 1.29 is 0 Å². The normalized spacial score (nSPS) is 16.4. The molecule has 0 aliphatic carbocycles. The molecule has 1 aliphatic heterocycles. The first kappa shape index (κ1) is 11.5. The van der Waals surface area contributed by atoms with Crippen LogP contribution in [-0.2, 0) is 13.0 Å². The van der Waals surface area contributed by atoms with E-state index in [0.717, 1.165) is 24.6 Å². The average Bonchev–Trinajstić information content (AvgIpc) is 2.84. The van der Waals surface area contributed by atoms with E-state index in [-0.39, 0.29) is 0 Å². The van der Waals surface area contributed by atoms with Crippen molar-refractivity contribution in [2.75, 3.05) is 0 Å². The lowest BCUT2D eigenvalue weighted by molar-refractivity contribution is 0.587. The number of rotatable bonds is 1. The molecule has 94 valence electrons. The molecule has 0 unspecified atom stereocenters. The van der Waals surface area contributed by atoms with Gasteiger partial charge in [-0.05, 0) is 12.8 Å². The van der Waals surface area contributed by atoms with E-state index in [1.54, 1.807) is 0 Å². The van der Waals surface area contributed by atoms with Crippen LogP contribution in [0, 0.1) is 0 Å². The summed E-state index contributed by atoms with van der Waals surface area (Å²) < 4.78 is 2.32. The summed E-state index contributed by atoms with van der Waals surface area (Å²) in [5, 5.41) is 8.78. The van der Waals surface area contributed by atoms with E-state index in [0.29, 0.717) is 0 Å². The van der Waals surface area contributed by atoms with Gasteiger partial charge in [0.15, 0.2) is 5.82 Å². The molecule has 1 aliphatic rings. The van der Waals surface area contributed by atoms with E-state index >= 15 is 0 Å². The highest BCUT2D eigenvalue weighted by Crippen LogP contribution is 2.21. The first-order chi connectivity index (χ1) is 8.95. The second-order valence-electron chi connectivity index (χ2n) is 4.98. The molecule has 18 heavy (non-hydrogen) atoms. The Balaban J connectivity index is 1.97. The Labute approximate surface area is 108 Å². The summed E-state index contributed by atoms with van der Waals surface area (Å²) in [5.41, 5.74) is 1.18. The molecular weight excluding hydrogens is 222 g/mol. The lowest BCUT2D eigenvalue weighted by Crippen LogP contribution is -2.05. The van der Waals surface area contributed by atoms with Gasteiger partial charge in [-0.25, -0.2) is 0 Å². The molecule has 1 aromatic carbocycles. The predicted octanol–water partition coefficient (Wildman–Crippen LogP) is 3.45. The standard InChI is InChI=1S/C15H19N3/c1-2-7-11-14-16-17-15(18(14)12-8-3-1)13-9-5-4-6-10-13/h4-6,9-10H,1-3,7-8,11-12H2. The maximum absolute atomic E-state index is 4.39. The number of aryl methyl sites for hydroxylation is 1. The fourth-order valence-electron chi connectivity index (χ4n) is 2.64. The van der Waals surface area contributed by atoms with E-state index in [1.165, 1.54) is 37.7 Å². The van der Waals surface area contributed by atoms with Crippen molar-refractivity contribution in [2.24, 2.45) is 0 Å². The molecule has 0 amide bonds. The van der Waals surface area contributed by atoms with Crippen LogP contribution in [0.3, 0.4) is 0 Å². The Morgan fingerprint density at radius 2 is 1.61 bits per heavy atom. The molecule has 0 spiro atoms. The minimum absolute atomic E-state index is 1.03. The second kappa shape index (κ2) is 5.34. The SMILES string of the molecule is c1ccc(-c2nnc3n2CCCCCCC3)cc1. The van der Waals surface area contributed by atoms with Crippen molar-refractivity contribution in [2.45, 2.75) is 45.1 Å². The lowest BCUT2D eigenvalue weighted by Gasteiger charge is -2.08. The van der Waals surface area contributed by atoms with Crippen LogP contribution in [0.4, 0.5) is 0 Å². The Bertz CT molecular complexity index is 502. The molecule has 2 aromatic rings. The highest BCUT2D eigenvalue weighted by molar-refractivity contribution is 5.54. The maximum atomic E-state index is 4.39. The number of aromatic nitrogens is 3. The topological polar surface area (TPSA) is 30.7 Å². The van der Waals surface area contributed by atoms with E-state index in [4.69, 9.17) is 0 Å². The maximum Gasteiger partial charge on any atom is 0.163 e. The monoisotopic (exact) mass is 241 g/mol. The molecule has 0 saturated heterocycles. The van der Waals surface area contributed by atoms with Crippen LogP contribution in [0.15, 0.2) is 30.3 Å². The fourth-order valence-corrected chi connectivity index (χ4v) is 2.64. The highest BCUT2D eigenvalue weighted by atomic mass is 15.3. The summed E-state index contributed by atoms with van der Waals surface area (Å²) in [7, 11) is 0. The Morgan fingerprint density at radius 1 is 0.833 bits per heavy atom. The van der Waals surface area contributed by atoms with Gasteiger partial charge in [-0.15, -0.1) is 10.2 Å². The van der Waals surface area contributed by atoms with Gasteiger partial charge in [-0.1, -0.05) is 49.6 Å². The number of hydrogen-bond acceptors (Lipinski definition) is 2. The van der Waals surface area contributed by atoms with Crippen LogP contribution in [-0.4, -0.2) is 14.8 Å². The minimum atomic E-state index is 1.03. The van der Waals surface area contributed by atoms with Crippen molar-refractivity contribution >= 4 is 0 Å². The van der Waals surface area contributed by atoms with E-state index in [2.05, 4.69) is 39.0 Å². The molecule has 0 saturated carbocycles. The van der Waals surface area contributed by atoms with Crippen LogP contribution in [0.5, 0.6) is 0 Å². The zero-order chi connectivity index (χ0) is 12.2. The van der Waals surface area contributed by atoms with Gasteiger partial charge in [0, 0.05) is 18.5 Å². The molecule has 3 heteroatoms. The van der Waals surface area contributed by atoms with Crippen LogP contribution in [0.1, 0.15) is 37.9 Å². The Kier molecular flexibility index (Phi) is 3.40. The molecule has 1 aromatic heterocycles. The Morgan fingerprint density at radius 3 is 2.50 bits per heavy atom. The minimum Gasteiger partial charge on any atom is -0.311 e. The summed E-state index contributed by atoms with van der Waals surface area (Å²) in [5.74, 6) is 2.20. The smallest absolute Gasteiger partial charge is 0.163 e. The molecule has 3 rings (SSSR count).